The lowest BCUT2D eigenvalue weighted by atomic mass is 10.1. The SMILES string of the molecule is NC(=O)CCC(NC(=O)Cn1cc(Br)ccc1=O)C(=O)O. The van der Waals surface area contributed by atoms with Crippen LogP contribution in [0.2, 0.25) is 0 Å². The normalized spacial score (nSPS) is 11.7. The van der Waals surface area contributed by atoms with E-state index in [9.17, 15) is 19.2 Å². The van der Waals surface area contributed by atoms with Crippen molar-refractivity contribution in [2.75, 3.05) is 0 Å². The van der Waals surface area contributed by atoms with Crippen molar-refractivity contribution in [1.82, 2.24) is 9.88 Å². The second-order valence-electron chi connectivity index (χ2n) is 4.28. The molecule has 1 heterocycles. The maximum atomic E-state index is 11.8. The van der Waals surface area contributed by atoms with Crippen LogP contribution in [0.3, 0.4) is 0 Å². The number of halogens is 1. The molecule has 114 valence electrons. The Bertz CT molecular complexity index is 613. The molecule has 1 rings (SSSR count). The number of nitrogens with one attached hydrogen (secondary N) is 1. The third-order valence-corrected chi connectivity index (χ3v) is 3.04. The molecule has 0 spiro atoms. The van der Waals surface area contributed by atoms with Crippen LogP contribution in [0.1, 0.15) is 12.8 Å². The molecule has 0 aliphatic rings. The third kappa shape index (κ3) is 5.78. The van der Waals surface area contributed by atoms with E-state index in [0.717, 1.165) is 4.57 Å². The molecular formula is C12H14BrN3O5. The first-order valence-corrected chi connectivity index (χ1v) is 6.75. The van der Waals surface area contributed by atoms with Crippen LogP contribution < -0.4 is 16.6 Å². The van der Waals surface area contributed by atoms with E-state index >= 15 is 0 Å². The Morgan fingerprint density at radius 2 is 2.05 bits per heavy atom. The van der Waals surface area contributed by atoms with Crippen LogP contribution in [0, 0.1) is 0 Å². The highest BCUT2D eigenvalue weighted by Gasteiger charge is 2.20. The van der Waals surface area contributed by atoms with E-state index in [2.05, 4.69) is 21.2 Å². The molecule has 1 aromatic rings. The van der Waals surface area contributed by atoms with Crippen LogP contribution in [0.15, 0.2) is 27.6 Å². The first-order chi connectivity index (χ1) is 9.79. The van der Waals surface area contributed by atoms with Gasteiger partial charge in [0.05, 0.1) is 0 Å². The Labute approximate surface area is 128 Å². The van der Waals surface area contributed by atoms with Crippen LogP contribution in [0.4, 0.5) is 0 Å². The second-order valence-corrected chi connectivity index (χ2v) is 5.19. The minimum absolute atomic E-state index is 0.107. The van der Waals surface area contributed by atoms with Crippen molar-refractivity contribution in [1.29, 1.82) is 0 Å². The first kappa shape index (κ1) is 16.9. The number of carboxylic acid groups (broad SMARTS) is 1. The molecule has 2 amide bonds. The fraction of sp³-hybridized carbons (Fsp3) is 0.333. The minimum Gasteiger partial charge on any atom is -0.480 e. The number of hydrogen-bond acceptors (Lipinski definition) is 4. The zero-order chi connectivity index (χ0) is 16.0. The quantitative estimate of drug-likeness (QED) is 0.600. The van der Waals surface area contributed by atoms with E-state index in [0.29, 0.717) is 4.47 Å². The number of primary amides is 1. The molecule has 0 aromatic carbocycles. The second kappa shape index (κ2) is 7.58. The molecule has 8 nitrogen and oxygen atoms in total. The number of aromatic nitrogens is 1. The lowest BCUT2D eigenvalue weighted by Crippen LogP contribution is -2.43. The number of amides is 2. The summed E-state index contributed by atoms with van der Waals surface area (Å²) in [6, 6.07) is 1.58. The van der Waals surface area contributed by atoms with Gasteiger partial charge in [-0.1, -0.05) is 0 Å². The number of aliphatic carboxylic acids is 1. The van der Waals surface area contributed by atoms with E-state index in [-0.39, 0.29) is 19.4 Å². The van der Waals surface area contributed by atoms with Gasteiger partial charge in [-0.3, -0.25) is 14.4 Å². The van der Waals surface area contributed by atoms with Crippen LogP contribution in [-0.2, 0) is 20.9 Å². The molecule has 1 atom stereocenters. The van der Waals surface area contributed by atoms with Crippen molar-refractivity contribution in [2.24, 2.45) is 5.73 Å². The average Bonchev–Trinajstić information content (AvgIpc) is 2.38. The van der Waals surface area contributed by atoms with E-state index < -0.39 is 29.4 Å². The number of carbonyl (C=O) groups excluding carboxylic acids is 2. The summed E-state index contributed by atoms with van der Waals surface area (Å²) in [6.07, 6.45) is 1.15. The van der Waals surface area contributed by atoms with Crippen LogP contribution in [0.5, 0.6) is 0 Å². The van der Waals surface area contributed by atoms with Gasteiger partial charge in [-0.25, -0.2) is 4.79 Å². The predicted molar refractivity (Wildman–Crippen MR) is 76.4 cm³/mol. The van der Waals surface area contributed by atoms with Crippen molar-refractivity contribution in [3.05, 3.63) is 33.2 Å². The summed E-state index contributed by atoms with van der Waals surface area (Å²) in [7, 11) is 0. The van der Waals surface area contributed by atoms with Gasteiger partial charge in [-0.2, -0.15) is 0 Å². The standard InChI is InChI=1S/C12H14BrN3O5/c13-7-1-4-11(19)16(5-7)6-10(18)15-8(12(20)21)2-3-9(14)17/h1,4-5,8H,2-3,6H2,(H2,14,17)(H,15,18)(H,20,21). The molecule has 9 heteroatoms. The summed E-state index contributed by atoms with van der Waals surface area (Å²) < 4.78 is 1.74. The monoisotopic (exact) mass is 359 g/mol. The van der Waals surface area contributed by atoms with Gasteiger partial charge in [0.25, 0.3) is 5.56 Å². The lowest BCUT2D eigenvalue weighted by Gasteiger charge is -2.14. The molecule has 0 radical (unpaired) electrons. The number of pyridine rings is 1. The zero-order valence-electron chi connectivity index (χ0n) is 10.9. The number of nitrogens with zero attached hydrogens (tertiary/aromatic N) is 1. The van der Waals surface area contributed by atoms with Crippen molar-refractivity contribution in [3.8, 4) is 0 Å². The lowest BCUT2D eigenvalue weighted by molar-refractivity contribution is -0.142. The van der Waals surface area contributed by atoms with Crippen LogP contribution in [0.25, 0.3) is 0 Å². The van der Waals surface area contributed by atoms with Gasteiger partial charge in [0.2, 0.25) is 11.8 Å². The molecule has 4 N–H and O–H groups in total. The summed E-state index contributed by atoms with van der Waals surface area (Å²) in [5, 5.41) is 11.2. The van der Waals surface area contributed by atoms with Gasteiger partial charge in [-0.05, 0) is 28.4 Å². The summed E-state index contributed by atoms with van der Waals surface area (Å²) >= 11 is 3.16. The van der Waals surface area contributed by atoms with Gasteiger partial charge in [0.15, 0.2) is 0 Å². The van der Waals surface area contributed by atoms with Crippen molar-refractivity contribution < 1.29 is 19.5 Å². The summed E-state index contributed by atoms with van der Waals surface area (Å²) in [5.74, 6) is -2.57. The van der Waals surface area contributed by atoms with E-state index in [1.54, 1.807) is 0 Å². The Hall–Kier alpha value is -2.16. The van der Waals surface area contributed by atoms with E-state index in [1.807, 2.05) is 0 Å². The number of carboxylic acids is 1. The van der Waals surface area contributed by atoms with E-state index in [4.69, 9.17) is 10.8 Å². The van der Waals surface area contributed by atoms with Gasteiger partial charge in [0.1, 0.15) is 12.6 Å². The zero-order valence-corrected chi connectivity index (χ0v) is 12.5. The molecular weight excluding hydrogens is 346 g/mol. The Balaban J connectivity index is 2.69. The molecule has 0 saturated heterocycles. The van der Waals surface area contributed by atoms with Gasteiger partial charge in [-0.15, -0.1) is 0 Å². The maximum absolute atomic E-state index is 11.8. The Morgan fingerprint density at radius 3 is 2.62 bits per heavy atom. The first-order valence-electron chi connectivity index (χ1n) is 5.96. The number of nitrogens with two attached hydrogens (primary N) is 1. The molecule has 1 unspecified atom stereocenters. The van der Waals surface area contributed by atoms with Crippen LogP contribution in [-0.4, -0.2) is 33.5 Å². The molecule has 0 saturated carbocycles. The molecule has 21 heavy (non-hydrogen) atoms. The maximum Gasteiger partial charge on any atom is 0.326 e. The van der Waals surface area contributed by atoms with Crippen molar-refractivity contribution in [2.45, 2.75) is 25.4 Å². The fourth-order valence-electron chi connectivity index (χ4n) is 1.56. The average molecular weight is 360 g/mol. The summed E-state index contributed by atoms with van der Waals surface area (Å²) in [4.78, 5) is 44.9. The highest BCUT2D eigenvalue weighted by molar-refractivity contribution is 9.10. The number of rotatable bonds is 7. The molecule has 0 fully saturated rings. The largest absolute Gasteiger partial charge is 0.480 e. The smallest absolute Gasteiger partial charge is 0.326 e. The topological polar surface area (TPSA) is 131 Å². The molecule has 0 bridgehead atoms. The summed E-state index contributed by atoms with van der Waals surface area (Å²) in [5.41, 5.74) is 4.55. The van der Waals surface area contributed by atoms with Crippen molar-refractivity contribution in [3.63, 3.8) is 0 Å². The Morgan fingerprint density at radius 1 is 1.38 bits per heavy atom. The highest BCUT2D eigenvalue weighted by atomic mass is 79.9. The molecule has 1 aromatic heterocycles. The molecule has 0 aliphatic carbocycles. The Kier molecular flexibility index (Phi) is 6.10. The van der Waals surface area contributed by atoms with Gasteiger partial charge in [0, 0.05) is 23.2 Å². The van der Waals surface area contributed by atoms with Crippen LogP contribution >= 0.6 is 15.9 Å². The molecule has 0 aliphatic heterocycles. The van der Waals surface area contributed by atoms with Gasteiger partial charge < -0.3 is 20.7 Å². The number of hydrogen-bond donors (Lipinski definition) is 3. The highest BCUT2D eigenvalue weighted by Crippen LogP contribution is 2.05. The minimum atomic E-state index is -1.27. The van der Waals surface area contributed by atoms with E-state index in [1.165, 1.54) is 18.3 Å². The van der Waals surface area contributed by atoms with Gasteiger partial charge >= 0.3 is 5.97 Å². The predicted octanol–water partition coefficient (Wildman–Crippen LogP) is -0.554. The summed E-state index contributed by atoms with van der Waals surface area (Å²) in [6.45, 7) is -0.321. The fourth-order valence-corrected chi connectivity index (χ4v) is 1.94. The van der Waals surface area contributed by atoms with Crippen molar-refractivity contribution >= 4 is 33.7 Å². The number of carbonyl (C=O) groups is 3. The third-order valence-electron chi connectivity index (χ3n) is 2.57.